The van der Waals surface area contributed by atoms with Gasteiger partial charge in [-0.1, -0.05) is 35.3 Å². The van der Waals surface area contributed by atoms with Crippen molar-refractivity contribution in [3.63, 3.8) is 0 Å². The fraction of sp³-hybridized carbons (Fsp3) is 0.471. The van der Waals surface area contributed by atoms with E-state index in [-0.39, 0.29) is 68.2 Å². The van der Waals surface area contributed by atoms with Gasteiger partial charge in [-0.3, -0.25) is 14.4 Å². The third-order valence-corrected chi connectivity index (χ3v) is 7.44. The summed E-state index contributed by atoms with van der Waals surface area (Å²) in [5.41, 5.74) is 4.90. The predicted octanol–water partition coefficient (Wildman–Crippen LogP) is 7.22. The summed E-state index contributed by atoms with van der Waals surface area (Å²) >= 11 is 7.39. The number of methoxy groups -OCH3 is 1. The van der Waals surface area contributed by atoms with Gasteiger partial charge < -0.3 is 34.7 Å². The summed E-state index contributed by atoms with van der Waals surface area (Å²) in [5.74, 6) is -0.594. The minimum atomic E-state index is -1.23. The van der Waals surface area contributed by atoms with Crippen LogP contribution in [0.1, 0.15) is 72.3 Å². The van der Waals surface area contributed by atoms with Crippen molar-refractivity contribution in [1.29, 1.82) is 0 Å². The number of nitrogens with one attached hydrogen (secondary N) is 3. The first-order valence-electron chi connectivity index (χ1n) is 16.2. The van der Waals surface area contributed by atoms with Crippen LogP contribution in [0.25, 0.3) is 11.1 Å². The standard InChI is InChI=1S/C34H44FN3O9.3HI.V/c1-23(21-44-2)46-19-15-36-31(41)11-6-12-32(42)37-24-13-14-26-28(20-24)29(22-47-34(43)38-35)25-8-5-9-27(33(25)26)30(40)10-7-18-45-17-4-3-16-39;;;;/h5,8-9,13-14,20,29,39H,1,3-4,6-7,10-12,15-19,21-22H2,2H3,(H,36,41)(H,37,42)(H,38,43);3*1H;/q;;;;+3/p-3. The predicted molar refractivity (Wildman–Crippen MR) is 215 cm³/mol. The number of ketones is 1. The number of aliphatic hydroxyl groups excluding tert-OH is 1. The Hall–Kier alpha value is -1.56. The molecule has 1 aliphatic carbocycles. The molecule has 0 heterocycles. The number of anilines is 1. The average Bonchev–Trinajstić information content (AvgIpc) is 3.41. The monoisotopic (exact) mass is 1090 g/mol. The van der Waals surface area contributed by atoms with E-state index < -0.39 is 12.0 Å². The number of benzene rings is 2. The number of amides is 3. The van der Waals surface area contributed by atoms with Gasteiger partial charge in [0.15, 0.2) is 5.78 Å². The van der Waals surface area contributed by atoms with Crippen molar-refractivity contribution in [2.24, 2.45) is 0 Å². The second kappa shape index (κ2) is 26.3. The molecule has 3 amide bonds. The molecule has 1 unspecified atom stereocenters. The van der Waals surface area contributed by atoms with Crippen molar-refractivity contribution in [2.45, 2.75) is 50.9 Å². The Kier molecular flexibility index (Phi) is 23.5. The topological polar surface area (TPSA) is 162 Å². The van der Waals surface area contributed by atoms with Crippen LogP contribution in [0.2, 0.25) is 0 Å². The maximum atomic E-state index is 13.3. The second-order valence-electron chi connectivity index (χ2n) is 11.2. The molecule has 0 bridgehead atoms. The van der Waals surface area contributed by atoms with E-state index in [0.717, 1.165) is 23.1 Å². The van der Waals surface area contributed by atoms with Crippen LogP contribution in [0.3, 0.4) is 0 Å². The number of carbonyl (C=O) groups excluding carboxylic acids is 4. The normalized spacial score (nSPS) is 12.6. The van der Waals surface area contributed by atoms with E-state index in [9.17, 15) is 23.7 Å². The molecule has 17 heteroatoms. The Morgan fingerprint density at radius 3 is 2.35 bits per heavy atom. The Morgan fingerprint density at radius 1 is 0.922 bits per heavy atom. The van der Waals surface area contributed by atoms with Gasteiger partial charge in [-0.05, 0) is 60.1 Å². The molecule has 12 nitrogen and oxygen atoms in total. The van der Waals surface area contributed by atoms with Crippen molar-refractivity contribution >= 4 is 89.3 Å². The molecule has 0 saturated heterocycles. The molecule has 0 aromatic heterocycles. The van der Waals surface area contributed by atoms with Gasteiger partial charge in [-0.2, -0.15) is 5.54 Å². The van der Waals surface area contributed by atoms with Gasteiger partial charge in [0.2, 0.25) is 11.8 Å². The van der Waals surface area contributed by atoms with Crippen molar-refractivity contribution in [1.82, 2.24) is 10.9 Å². The summed E-state index contributed by atoms with van der Waals surface area (Å²) in [6, 6.07) is 10.6. The number of ether oxygens (including phenoxy) is 4. The molecular formula is C34H44FI3N3O9V. The number of Topliss-reactive ketones (excluding diaryl/α,β-unsaturated/α-hetero) is 1. The van der Waals surface area contributed by atoms with Crippen LogP contribution < -0.4 is 16.2 Å². The molecule has 0 fully saturated rings. The molecule has 0 radical (unpaired) electrons. The van der Waals surface area contributed by atoms with Crippen molar-refractivity contribution in [3.8, 4) is 11.1 Å². The Morgan fingerprint density at radius 2 is 1.65 bits per heavy atom. The first-order valence-corrected chi connectivity index (χ1v) is 29.7. The van der Waals surface area contributed by atoms with E-state index in [0.29, 0.717) is 67.2 Å². The summed E-state index contributed by atoms with van der Waals surface area (Å²) in [6.45, 7) is 5.40. The summed E-state index contributed by atoms with van der Waals surface area (Å²) in [4.78, 5) is 49.5. The van der Waals surface area contributed by atoms with Crippen molar-refractivity contribution in [2.75, 3.05) is 58.6 Å². The number of hydrogen-bond donors (Lipinski definition) is 4. The molecule has 2 aromatic rings. The van der Waals surface area contributed by atoms with Gasteiger partial charge in [-0.25, -0.2) is 4.79 Å². The summed E-state index contributed by atoms with van der Waals surface area (Å²) in [6.07, 6.45) is 1.59. The van der Waals surface area contributed by atoms with Crippen molar-refractivity contribution in [3.05, 3.63) is 65.4 Å². The summed E-state index contributed by atoms with van der Waals surface area (Å²) < 4.78 is 33.5. The number of hydrogen-bond acceptors (Lipinski definition) is 9. The van der Waals surface area contributed by atoms with Gasteiger partial charge in [-0.15, -0.1) is 0 Å². The number of carbonyl (C=O) groups is 4. The molecule has 1 atom stereocenters. The molecule has 1 aliphatic rings. The van der Waals surface area contributed by atoms with Crippen LogP contribution in [-0.4, -0.2) is 82.1 Å². The van der Waals surface area contributed by atoms with Crippen LogP contribution in [0.15, 0.2) is 48.7 Å². The van der Waals surface area contributed by atoms with Gasteiger partial charge in [0.1, 0.15) is 25.6 Å². The van der Waals surface area contributed by atoms with E-state index in [4.69, 9.17) is 24.1 Å². The third kappa shape index (κ3) is 17.4. The van der Waals surface area contributed by atoms with Crippen LogP contribution in [0.5, 0.6) is 0 Å². The van der Waals surface area contributed by atoms with Gasteiger partial charge in [0, 0.05) is 63.4 Å². The first kappa shape index (κ1) is 45.6. The van der Waals surface area contributed by atoms with Gasteiger partial charge in [0.05, 0.1) is 6.54 Å². The molecule has 3 rings (SSSR count). The number of rotatable bonds is 22. The molecule has 282 valence electrons. The van der Waals surface area contributed by atoms with Gasteiger partial charge >= 0.3 is 71.0 Å². The fourth-order valence-electron chi connectivity index (χ4n) is 5.28. The number of halogens is 4. The quantitative estimate of drug-likeness (QED) is 0.0314. The Bertz CT molecular complexity index is 1450. The number of fused-ring (bicyclic) bond motifs is 3. The zero-order valence-corrected chi connectivity index (χ0v) is 36.2. The molecule has 4 N–H and O–H groups in total. The van der Waals surface area contributed by atoms with Crippen LogP contribution in [0, 0.1) is 0 Å². The fourth-order valence-corrected chi connectivity index (χ4v) is 5.28. The van der Waals surface area contributed by atoms with E-state index in [2.05, 4.69) is 77.1 Å². The second-order valence-corrected chi connectivity index (χ2v) is 46.5. The van der Waals surface area contributed by atoms with Crippen LogP contribution >= 0.6 is 59.9 Å². The first-order chi connectivity index (χ1) is 24.5. The molecule has 2 aromatic carbocycles. The summed E-state index contributed by atoms with van der Waals surface area (Å²) in [5, 5.41) is 14.4. The van der Waals surface area contributed by atoms with E-state index in [1.54, 1.807) is 30.3 Å². The van der Waals surface area contributed by atoms with Crippen LogP contribution in [-0.2, 0) is 33.5 Å². The van der Waals surface area contributed by atoms with Crippen LogP contribution in [0.4, 0.5) is 15.0 Å². The zero-order valence-electron chi connectivity index (χ0n) is 28.3. The SMILES string of the molecule is C=C(COC)OCCNC(=O)CCCC(=O)Nc1ccc2c(c1)C(COC(=O)NF)c1cccc(C(=O)CCCOCCCCO)c1-2.[I][V]([I])[I]. The molecular weight excluding hydrogens is 1050 g/mol. The maximum absolute atomic E-state index is 13.3. The Balaban J connectivity index is 0.00000213. The average molecular weight is 1090 g/mol. The van der Waals surface area contributed by atoms with E-state index >= 15 is 0 Å². The number of aliphatic hydroxyl groups is 1. The number of unbranched alkanes of at least 4 members (excludes halogenated alkanes) is 1. The summed E-state index contributed by atoms with van der Waals surface area (Å²) in [7, 11) is 1.53. The third-order valence-electron chi connectivity index (χ3n) is 7.44. The van der Waals surface area contributed by atoms with E-state index in [1.807, 2.05) is 6.07 Å². The van der Waals surface area contributed by atoms with Crippen molar-refractivity contribution < 1.29 is 52.6 Å². The minimum absolute atomic E-state index is 0.0691. The Labute approximate surface area is 335 Å². The zero-order chi connectivity index (χ0) is 37.6. The molecule has 0 spiro atoms. The van der Waals surface area contributed by atoms with Gasteiger partial charge in [0.25, 0.3) is 0 Å². The van der Waals surface area contributed by atoms with E-state index in [1.165, 1.54) is 7.11 Å². The molecule has 51 heavy (non-hydrogen) atoms. The molecule has 0 aliphatic heterocycles. The molecule has 0 saturated carbocycles.